The van der Waals surface area contributed by atoms with E-state index in [2.05, 4.69) is 0 Å². The number of rotatable bonds is 5. The molecule has 1 heterocycles. The molecule has 7 heteroatoms. The lowest BCUT2D eigenvalue weighted by Crippen LogP contribution is -2.32. The highest BCUT2D eigenvalue weighted by atomic mass is 35.5. The number of Topliss-reactive ketones (excluding diaryl/α,β-unsaturated/α-hetero) is 1. The van der Waals surface area contributed by atoms with Gasteiger partial charge in [0.25, 0.3) is 0 Å². The molecule has 138 valence electrons. The van der Waals surface area contributed by atoms with Gasteiger partial charge in [-0.3, -0.25) is 4.79 Å². The standard InChI is InChI=1S/C19H20ClNO5/c1-24-9-10-25-19(23)17-15(11-5-2-3-6-12(11)20)16-13(22)7-4-8-14(16)26-18(17)21/h2-3,5-6,15H,4,7-10,21H2,1H3/t15-/m1/s1. The van der Waals surface area contributed by atoms with E-state index in [1.54, 1.807) is 24.3 Å². The van der Waals surface area contributed by atoms with Crippen LogP contribution in [0.25, 0.3) is 0 Å². The lowest BCUT2D eigenvalue weighted by atomic mass is 9.77. The van der Waals surface area contributed by atoms with Crippen LogP contribution in [-0.2, 0) is 23.8 Å². The normalized spacial score (nSPS) is 19.9. The molecule has 1 aromatic carbocycles. The molecule has 1 aliphatic carbocycles. The number of nitrogens with two attached hydrogens (primary N) is 1. The first-order chi connectivity index (χ1) is 12.5. The fourth-order valence-corrected chi connectivity index (χ4v) is 3.52. The molecule has 1 aromatic rings. The summed E-state index contributed by atoms with van der Waals surface area (Å²) < 4.78 is 15.8. The second-order valence-corrected chi connectivity index (χ2v) is 6.48. The Balaban J connectivity index is 2.07. The third-order valence-corrected chi connectivity index (χ3v) is 4.79. The molecule has 0 aromatic heterocycles. The summed E-state index contributed by atoms with van der Waals surface area (Å²) in [6.07, 6.45) is 1.68. The molecule has 0 unspecified atom stereocenters. The quantitative estimate of drug-likeness (QED) is 0.627. The van der Waals surface area contributed by atoms with Crippen molar-refractivity contribution in [2.24, 2.45) is 5.73 Å². The maximum atomic E-state index is 12.7. The van der Waals surface area contributed by atoms with Gasteiger partial charge in [0, 0.05) is 30.5 Å². The van der Waals surface area contributed by atoms with E-state index in [4.69, 9.17) is 31.5 Å². The molecule has 1 aliphatic heterocycles. The number of ether oxygens (including phenoxy) is 3. The van der Waals surface area contributed by atoms with E-state index in [1.165, 1.54) is 7.11 Å². The molecule has 0 saturated carbocycles. The Hall–Kier alpha value is -2.31. The summed E-state index contributed by atoms with van der Waals surface area (Å²) in [4.78, 5) is 25.3. The van der Waals surface area contributed by atoms with Gasteiger partial charge in [-0.25, -0.2) is 4.79 Å². The van der Waals surface area contributed by atoms with Crippen LogP contribution in [-0.4, -0.2) is 32.1 Å². The van der Waals surface area contributed by atoms with Crippen molar-refractivity contribution in [1.82, 2.24) is 0 Å². The zero-order valence-corrected chi connectivity index (χ0v) is 15.2. The summed E-state index contributed by atoms with van der Waals surface area (Å²) in [6, 6.07) is 7.07. The van der Waals surface area contributed by atoms with Crippen molar-refractivity contribution < 1.29 is 23.8 Å². The zero-order chi connectivity index (χ0) is 18.7. The van der Waals surface area contributed by atoms with Gasteiger partial charge in [-0.05, 0) is 18.1 Å². The number of methoxy groups -OCH3 is 1. The Morgan fingerprint density at radius 3 is 2.81 bits per heavy atom. The molecule has 0 bridgehead atoms. The molecule has 6 nitrogen and oxygen atoms in total. The summed E-state index contributed by atoms with van der Waals surface area (Å²) in [5.74, 6) is -0.946. The summed E-state index contributed by atoms with van der Waals surface area (Å²) in [7, 11) is 1.51. The summed E-state index contributed by atoms with van der Waals surface area (Å²) in [5, 5.41) is 0.444. The molecule has 2 N–H and O–H groups in total. The average Bonchev–Trinajstić information content (AvgIpc) is 2.61. The van der Waals surface area contributed by atoms with Gasteiger partial charge in [-0.2, -0.15) is 0 Å². The second kappa shape index (κ2) is 7.93. The lowest BCUT2D eigenvalue weighted by Gasteiger charge is -2.32. The van der Waals surface area contributed by atoms with E-state index < -0.39 is 11.9 Å². The maximum absolute atomic E-state index is 12.7. The number of ketones is 1. The van der Waals surface area contributed by atoms with E-state index in [0.717, 1.165) is 0 Å². The zero-order valence-electron chi connectivity index (χ0n) is 14.4. The van der Waals surface area contributed by atoms with Gasteiger partial charge in [0.1, 0.15) is 17.9 Å². The minimum Gasteiger partial charge on any atom is -0.460 e. The highest BCUT2D eigenvalue weighted by Gasteiger charge is 2.41. The van der Waals surface area contributed by atoms with Crippen molar-refractivity contribution in [3.63, 3.8) is 0 Å². The van der Waals surface area contributed by atoms with Crippen LogP contribution in [0.3, 0.4) is 0 Å². The molecule has 0 radical (unpaired) electrons. The van der Waals surface area contributed by atoms with Crippen molar-refractivity contribution in [3.05, 3.63) is 57.6 Å². The van der Waals surface area contributed by atoms with Crippen LogP contribution in [0, 0.1) is 0 Å². The Morgan fingerprint density at radius 2 is 2.08 bits per heavy atom. The highest BCUT2D eigenvalue weighted by molar-refractivity contribution is 6.31. The monoisotopic (exact) mass is 377 g/mol. The van der Waals surface area contributed by atoms with Crippen molar-refractivity contribution in [1.29, 1.82) is 0 Å². The van der Waals surface area contributed by atoms with Crippen molar-refractivity contribution in [3.8, 4) is 0 Å². The van der Waals surface area contributed by atoms with E-state index >= 15 is 0 Å². The summed E-state index contributed by atoms with van der Waals surface area (Å²) in [6.45, 7) is 0.324. The minimum atomic E-state index is -0.699. The predicted octanol–water partition coefficient (Wildman–Crippen LogP) is 2.82. The molecule has 0 saturated heterocycles. The number of hydrogen-bond donors (Lipinski definition) is 1. The van der Waals surface area contributed by atoms with E-state index in [0.29, 0.717) is 41.2 Å². The smallest absolute Gasteiger partial charge is 0.340 e. The Labute approximate surface area is 156 Å². The van der Waals surface area contributed by atoms with Crippen LogP contribution >= 0.6 is 11.6 Å². The topological polar surface area (TPSA) is 87.8 Å². The number of halogens is 1. The first kappa shape index (κ1) is 18.5. The number of esters is 1. The van der Waals surface area contributed by atoms with E-state index in [1.807, 2.05) is 0 Å². The molecule has 0 amide bonds. The fraction of sp³-hybridized carbons (Fsp3) is 0.368. The lowest BCUT2D eigenvalue weighted by molar-refractivity contribution is -0.140. The molecule has 0 fully saturated rings. The van der Waals surface area contributed by atoms with Gasteiger partial charge in [0.15, 0.2) is 5.78 Å². The molecule has 0 spiro atoms. The highest BCUT2D eigenvalue weighted by Crippen LogP contribution is 2.45. The predicted molar refractivity (Wildman–Crippen MR) is 95.2 cm³/mol. The Morgan fingerprint density at radius 1 is 1.31 bits per heavy atom. The summed E-state index contributed by atoms with van der Waals surface area (Å²) >= 11 is 6.37. The van der Waals surface area contributed by atoms with Crippen LogP contribution in [0.4, 0.5) is 0 Å². The first-order valence-electron chi connectivity index (χ1n) is 8.38. The van der Waals surface area contributed by atoms with Crippen molar-refractivity contribution in [2.75, 3.05) is 20.3 Å². The van der Waals surface area contributed by atoms with E-state index in [-0.39, 0.29) is 30.5 Å². The third kappa shape index (κ3) is 3.48. The minimum absolute atomic E-state index is 0.0502. The SMILES string of the molecule is COCCOC(=O)C1=C(N)OC2=C(C(=O)CCC2)[C@H]1c1ccccc1Cl. The molecule has 3 rings (SSSR count). The van der Waals surface area contributed by atoms with Gasteiger partial charge < -0.3 is 19.9 Å². The largest absolute Gasteiger partial charge is 0.460 e. The van der Waals surface area contributed by atoms with Crippen LogP contribution in [0.1, 0.15) is 30.7 Å². The van der Waals surface area contributed by atoms with Crippen LogP contribution in [0.15, 0.2) is 47.1 Å². The molecule has 26 heavy (non-hydrogen) atoms. The second-order valence-electron chi connectivity index (χ2n) is 6.08. The Kier molecular flexibility index (Phi) is 5.64. The fourth-order valence-electron chi connectivity index (χ4n) is 3.27. The van der Waals surface area contributed by atoms with Crippen LogP contribution in [0.2, 0.25) is 5.02 Å². The van der Waals surface area contributed by atoms with Gasteiger partial charge in [0.05, 0.1) is 12.5 Å². The molecular formula is C19H20ClNO5. The van der Waals surface area contributed by atoms with Crippen LogP contribution < -0.4 is 5.73 Å². The number of carbonyl (C=O) groups is 2. The van der Waals surface area contributed by atoms with Gasteiger partial charge >= 0.3 is 5.97 Å². The number of hydrogen-bond acceptors (Lipinski definition) is 6. The van der Waals surface area contributed by atoms with Crippen molar-refractivity contribution in [2.45, 2.75) is 25.2 Å². The number of benzene rings is 1. The maximum Gasteiger partial charge on any atom is 0.340 e. The van der Waals surface area contributed by atoms with Crippen LogP contribution in [0.5, 0.6) is 0 Å². The first-order valence-corrected chi connectivity index (χ1v) is 8.76. The number of allylic oxidation sites excluding steroid dienone is 2. The van der Waals surface area contributed by atoms with Crippen molar-refractivity contribution >= 4 is 23.4 Å². The Bertz CT molecular complexity index is 799. The summed E-state index contributed by atoms with van der Waals surface area (Å²) in [5.41, 5.74) is 7.22. The molecule has 1 atom stereocenters. The molecular weight excluding hydrogens is 358 g/mol. The third-order valence-electron chi connectivity index (χ3n) is 4.44. The van der Waals surface area contributed by atoms with Gasteiger partial charge in [-0.1, -0.05) is 29.8 Å². The van der Waals surface area contributed by atoms with Gasteiger partial charge in [0.2, 0.25) is 5.88 Å². The van der Waals surface area contributed by atoms with E-state index in [9.17, 15) is 9.59 Å². The average molecular weight is 378 g/mol. The van der Waals surface area contributed by atoms with Gasteiger partial charge in [-0.15, -0.1) is 0 Å². The number of carbonyl (C=O) groups excluding carboxylic acids is 2. The molecule has 2 aliphatic rings.